The van der Waals surface area contributed by atoms with Gasteiger partial charge < -0.3 is 28.5 Å². The molecule has 0 spiro atoms. The molecule has 1 N–H and O–H groups in total. The molecule has 0 saturated heterocycles. The van der Waals surface area contributed by atoms with E-state index in [1.165, 1.54) is 14.2 Å². The molecule has 0 saturated carbocycles. The summed E-state index contributed by atoms with van der Waals surface area (Å²) >= 11 is 0. The van der Waals surface area contributed by atoms with E-state index in [2.05, 4.69) is 15.5 Å². The average molecular weight is 465 g/mol. The number of aryl methyl sites for hydroxylation is 1. The van der Waals surface area contributed by atoms with E-state index in [1.807, 2.05) is 0 Å². The number of nitrogens with one attached hydrogen (secondary N) is 1. The number of aromatic nitrogens is 2. The number of benzene rings is 2. The van der Waals surface area contributed by atoms with Crippen LogP contribution >= 0.6 is 0 Å². The zero-order chi connectivity index (χ0) is 24.2. The summed E-state index contributed by atoms with van der Waals surface area (Å²) in [6.07, 6.45) is -0.169. The average Bonchev–Trinajstić information content (AvgIpc) is 3.33. The lowest BCUT2D eigenvalue weighted by Gasteiger charge is -2.12. The van der Waals surface area contributed by atoms with Crippen molar-refractivity contribution in [1.29, 1.82) is 0 Å². The Hall–Kier alpha value is -4.34. The maximum Gasteiger partial charge on any atom is 0.340 e. The third-order valence-electron chi connectivity index (χ3n) is 5.39. The number of hydrogen-bond donors (Lipinski definition) is 1. The Morgan fingerprint density at radius 2 is 1.79 bits per heavy atom. The zero-order valence-electron chi connectivity index (χ0n) is 19.1. The van der Waals surface area contributed by atoms with Gasteiger partial charge in [0, 0.05) is 10.9 Å². The van der Waals surface area contributed by atoms with Crippen LogP contribution < -0.4 is 25.2 Å². The second-order valence-corrected chi connectivity index (χ2v) is 7.36. The number of carbonyl (C=O) groups is 1. The Labute approximate surface area is 194 Å². The molecule has 2 aromatic carbocycles. The van der Waals surface area contributed by atoms with Crippen molar-refractivity contribution in [2.45, 2.75) is 19.9 Å². The molecular weight excluding hydrogens is 442 g/mol. The Kier molecular flexibility index (Phi) is 6.48. The number of hydrogen-bond acceptors (Lipinski definition) is 9. The molecule has 0 unspecified atom stereocenters. The lowest BCUT2D eigenvalue weighted by atomic mass is 10.0. The quantitative estimate of drug-likeness (QED) is 0.391. The van der Waals surface area contributed by atoms with Gasteiger partial charge in [-0.05, 0) is 48.9 Å². The molecule has 0 aliphatic carbocycles. The summed E-state index contributed by atoms with van der Waals surface area (Å²) in [6, 6.07) is 10.7. The van der Waals surface area contributed by atoms with Crippen molar-refractivity contribution in [3.63, 3.8) is 0 Å². The SMILES string of the molecule is COc1ccc(-c2noc(CNC(=O)Cc3c(C)c4ccc(OC)c(OC)c4oc3=O)n2)cc1. The summed E-state index contributed by atoms with van der Waals surface area (Å²) in [5.41, 5.74) is 1.28. The van der Waals surface area contributed by atoms with Crippen molar-refractivity contribution in [1.82, 2.24) is 15.5 Å². The molecule has 1 amide bonds. The van der Waals surface area contributed by atoms with Gasteiger partial charge in [-0.1, -0.05) is 5.16 Å². The fraction of sp³-hybridized carbons (Fsp3) is 0.250. The maximum atomic E-state index is 12.6. The van der Waals surface area contributed by atoms with Crippen molar-refractivity contribution in [3.8, 4) is 28.6 Å². The monoisotopic (exact) mass is 465 g/mol. The zero-order valence-corrected chi connectivity index (χ0v) is 19.1. The predicted octanol–water partition coefficient (Wildman–Crippen LogP) is 3.04. The van der Waals surface area contributed by atoms with Crippen LogP contribution in [0.5, 0.6) is 17.2 Å². The first-order valence-electron chi connectivity index (χ1n) is 10.4. The van der Waals surface area contributed by atoms with Crippen molar-refractivity contribution in [3.05, 3.63) is 63.8 Å². The first-order chi connectivity index (χ1) is 16.4. The maximum absolute atomic E-state index is 12.6. The minimum Gasteiger partial charge on any atom is -0.497 e. The fourth-order valence-corrected chi connectivity index (χ4v) is 3.55. The highest BCUT2D eigenvalue weighted by molar-refractivity contribution is 5.89. The molecule has 10 heteroatoms. The van der Waals surface area contributed by atoms with Crippen LogP contribution in [0.15, 0.2) is 50.1 Å². The van der Waals surface area contributed by atoms with Crippen LogP contribution in [0, 0.1) is 6.92 Å². The van der Waals surface area contributed by atoms with E-state index in [0.29, 0.717) is 34.0 Å². The van der Waals surface area contributed by atoms with Crippen LogP contribution in [0.2, 0.25) is 0 Å². The fourth-order valence-electron chi connectivity index (χ4n) is 3.55. The van der Waals surface area contributed by atoms with Crippen molar-refractivity contribution >= 4 is 16.9 Å². The molecule has 4 rings (SSSR count). The van der Waals surface area contributed by atoms with Crippen molar-refractivity contribution in [2.24, 2.45) is 0 Å². The van der Waals surface area contributed by atoms with Gasteiger partial charge in [-0.25, -0.2) is 4.79 Å². The molecule has 0 atom stereocenters. The first-order valence-corrected chi connectivity index (χ1v) is 10.4. The topological polar surface area (TPSA) is 126 Å². The van der Waals surface area contributed by atoms with Gasteiger partial charge >= 0.3 is 5.63 Å². The van der Waals surface area contributed by atoms with Crippen molar-refractivity contribution < 1.29 is 27.9 Å². The molecule has 4 aromatic rings. The molecule has 0 aliphatic heterocycles. The van der Waals surface area contributed by atoms with Crippen LogP contribution in [-0.2, 0) is 17.8 Å². The lowest BCUT2D eigenvalue weighted by molar-refractivity contribution is -0.120. The number of methoxy groups -OCH3 is 3. The molecule has 176 valence electrons. The third-order valence-corrected chi connectivity index (χ3v) is 5.39. The molecule has 0 fully saturated rings. The summed E-state index contributed by atoms with van der Waals surface area (Å²) in [5, 5.41) is 7.28. The number of amides is 1. The van der Waals surface area contributed by atoms with Gasteiger partial charge in [0.1, 0.15) is 5.75 Å². The smallest absolute Gasteiger partial charge is 0.340 e. The standard InChI is InChI=1S/C24H23N3O7/c1-13-16-9-10-18(31-3)22(32-4)21(16)33-24(29)17(13)11-19(28)25-12-20-26-23(27-34-20)14-5-7-15(30-2)8-6-14/h5-10H,11-12H2,1-4H3,(H,25,28). The number of ether oxygens (including phenoxy) is 3. The molecular formula is C24H23N3O7. The minimum absolute atomic E-state index is 0.0188. The van der Waals surface area contributed by atoms with Gasteiger partial charge in [-0.3, -0.25) is 4.79 Å². The number of nitrogens with zero attached hydrogens (tertiary/aromatic N) is 2. The largest absolute Gasteiger partial charge is 0.497 e. The van der Waals surface area contributed by atoms with Gasteiger partial charge in [0.05, 0.1) is 39.9 Å². The summed E-state index contributed by atoms with van der Waals surface area (Å²) in [5.74, 6) is 1.71. The number of fused-ring (bicyclic) bond motifs is 1. The molecule has 2 heterocycles. The highest BCUT2D eigenvalue weighted by Crippen LogP contribution is 2.36. The highest BCUT2D eigenvalue weighted by Gasteiger charge is 2.20. The minimum atomic E-state index is -0.619. The number of rotatable bonds is 8. The first kappa shape index (κ1) is 22.8. The molecule has 2 aromatic heterocycles. The van der Waals surface area contributed by atoms with E-state index in [0.717, 1.165) is 5.56 Å². The van der Waals surface area contributed by atoms with E-state index in [9.17, 15) is 9.59 Å². The van der Waals surface area contributed by atoms with Gasteiger partial charge in [0.25, 0.3) is 0 Å². The van der Waals surface area contributed by atoms with Crippen LogP contribution in [0.4, 0.5) is 0 Å². The second-order valence-electron chi connectivity index (χ2n) is 7.36. The van der Waals surface area contributed by atoms with E-state index in [-0.39, 0.29) is 35.9 Å². The van der Waals surface area contributed by atoms with Gasteiger partial charge in [0.15, 0.2) is 11.3 Å². The summed E-state index contributed by atoms with van der Waals surface area (Å²) in [6.45, 7) is 1.78. The van der Waals surface area contributed by atoms with Crippen LogP contribution in [0.1, 0.15) is 17.0 Å². The Morgan fingerprint density at radius 1 is 1.03 bits per heavy atom. The summed E-state index contributed by atoms with van der Waals surface area (Å²) < 4.78 is 26.4. The van der Waals surface area contributed by atoms with E-state index in [4.69, 9.17) is 23.2 Å². The van der Waals surface area contributed by atoms with Crippen LogP contribution in [0.25, 0.3) is 22.4 Å². The van der Waals surface area contributed by atoms with Gasteiger partial charge in [-0.15, -0.1) is 0 Å². The highest BCUT2D eigenvalue weighted by atomic mass is 16.5. The van der Waals surface area contributed by atoms with Gasteiger partial charge in [-0.2, -0.15) is 4.98 Å². The Balaban J connectivity index is 1.47. The second kappa shape index (κ2) is 9.65. The number of carbonyl (C=O) groups excluding carboxylic acids is 1. The third kappa shape index (κ3) is 4.42. The van der Waals surface area contributed by atoms with E-state index < -0.39 is 5.63 Å². The Bertz CT molecular complexity index is 1390. The predicted molar refractivity (Wildman–Crippen MR) is 122 cm³/mol. The van der Waals surface area contributed by atoms with E-state index in [1.54, 1.807) is 50.4 Å². The Morgan fingerprint density at radius 3 is 2.47 bits per heavy atom. The van der Waals surface area contributed by atoms with Crippen LogP contribution in [-0.4, -0.2) is 37.4 Å². The summed E-state index contributed by atoms with van der Waals surface area (Å²) in [4.78, 5) is 29.5. The van der Waals surface area contributed by atoms with Crippen molar-refractivity contribution in [2.75, 3.05) is 21.3 Å². The van der Waals surface area contributed by atoms with Gasteiger partial charge in [0.2, 0.25) is 23.4 Å². The normalized spacial score (nSPS) is 10.8. The molecule has 10 nitrogen and oxygen atoms in total. The molecule has 0 aliphatic rings. The molecule has 0 bridgehead atoms. The lowest BCUT2D eigenvalue weighted by Crippen LogP contribution is -2.27. The van der Waals surface area contributed by atoms with E-state index >= 15 is 0 Å². The molecule has 0 radical (unpaired) electrons. The molecule has 34 heavy (non-hydrogen) atoms. The van der Waals surface area contributed by atoms with Crippen LogP contribution in [0.3, 0.4) is 0 Å². The summed E-state index contributed by atoms with van der Waals surface area (Å²) in [7, 11) is 4.55.